The lowest BCUT2D eigenvalue weighted by Crippen LogP contribution is -2.45. The Kier molecular flexibility index (Phi) is 5.35. The summed E-state index contributed by atoms with van der Waals surface area (Å²) in [7, 11) is 0. The minimum Gasteiger partial charge on any atom is -0.348 e. The second-order valence-corrected chi connectivity index (χ2v) is 5.00. The number of nitrogens with two attached hydrogens (primary N) is 1. The van der Waals surface area contributed by atoms with Crippen molar-refractivity contribution in [1.29, 1.82) is 0 Å². The van der Waals surface area contributed by atoms with E-state index in [1.165, 1.54) is 5.56 Å². The van der Waals surface area contributed by atoms with Crippen LogP contribution < -0.4 is 11.1 Å². The van der Waals surface area contributed by atoms with Crippen molar-refractivity contribution in [3.63, 3.8) is 0 Å². The Morgan fingerprint density at radius 2 is 1.94 bits per heavy atom. The molecule has 1 aromatic carbocycles. The Morgan fingerprint density at radius 3 is 2.50 bits per heavy atom. The number of hydrogen-bond donors (Lipinski definition) is 2. The van der Waals surface area contributed by atoms with Gasteiger partial charge in [-0.3, -0.25) is 4.79 Å². The van der Waals surface area contributed by atoms with Crippen LogP contribution in [0.4, 0.5) is 0 Å². The van der Waals surface area contributed by atoms with Crippen molar-refractivity contribution in [2.45, 2.75) is 46.2 Å². The third-order valence-electron chi connectivity index (χ3n) is 3.57. The van der Waals surface area contributed by atoms with Crippen molar-refractivity contribution in [3.05, 3.63) is 35.4 Å². The summed E-state index contributed by atoms with van der Waals surface area (Å²) in [6.07, 6.45) is 0.910. The molecule has 3 heteroatoms. The highest BCUT2D eigenvalue weighted by Gasteiger charge is 2.21. The van der Waals surface area contributed by atoms with Crippen LogP contribution in [0.2, 0.25) is 0 Å². The highest BCUT2D eigenvalue weighted by Crippen LogP contribution is 2.17. The second kappa shape index (κ2) is 6.55. The zero-order chi connectivity index (χ0) is 13.7. The summed E-state index contributed by atoms with van der Waals surface area (Å²) >= 11 is 0. The van der Waals surface area contributed by atoms with E-state index in [0.717, 1.165) is 12.0 Å². The van der Waals surface area contributed by atoms with Gasteiger partial charge < -0.3 is 11.1 Å². The Bertz CT molecular complexity index is 403. The smallest absolute Gasteiger partial charge is 0.237 e. The molecule has 0 aliphatic heterocycles. The van der Waals surface area contributed by atoms with Crippen molar-refractivity contribution >= 4 is 5.91 Å². The molecule has 0 aliphatic carbocycles. The van der Waals surface area contributed by atoms with Crippen molar-refractivity contribution in [1.82, 2.24) is 5.32 Å². The van der Waals surface area contributed by atoms with E-state index in [9.17, 15) is 4.79 Å². The lowest BCUT2D eigenvalue weighted by atomic mass is 9.98. The van der Waals surface area contributed by atoms with Gasteiger partial charge in [-0.2, -0.15) is 0 Å². The summed E-state index contributed by atoms with van der Waals surface area (Å²) in [5.74, 6) is 0.133. The predicted molar refractivity (Wildman–Crippen MR) is 75.2 cm³/mol. The van der Waals surface area contributed by atoms with Crippen LogP contribution in [0.15, 0.2) is 24.3 Å². The first-order valence-electron chi connectivity index (χ1n) is 6.58. The van der Waals surface area contributed by atoms with Crippen molar-refractivity contribution < 1.29 is 4.79 Å². The lowest BCUT2D eigenvalue weighted by Gasteiger charge is -2.22. The van der Waals surface area contributed by atoms with E-state index in [1.807, 2.05) is 52.0 Å². The van der Waals surface area contributed by atoms with Gasteiger partial charge in [-0.15, -0.1) is 0 Å². The molecule has 0 fully saturated rings. The fourth-order valence-electron chi connectivity index (χ4n) is 1.97. The first-order chi connectivity index (χ1) is 8.47. The maximum Gasteiger partial charge on any atom is 0.237 e. The van der Waals surface area contributed by atoms with Crippen molar-refractivity contribution in [3.8, 4) is 0 Å². The maximum atomic E-state index is 12.0. The van der Waals surface area contributed by atoms with Crippen LogP contribution in [-0.2, 0) is 4.79 Å². The molecule has 2 unspecified atom stereocenters. The fourth-order valence-corrected chi connectivity index (χ4v) is 1.97. The molecule has 0 saturated heterocycles. The number of aryl methyl sites for hydroxylation is 1. The molecule has 0 aliphatic rings. The van der Waals surface area contributed by atoms with E-state index < -0.39 is 6.04 Å². The molecule has 18 heavy (non-hydrogen) atoms. The van der Waals surface area contributed by atoms with Gasteiger partial charge in [0.05, 0.1) is 12.1 Å². The lowest BCUT2D eigenvalue weighted by molar-refractivity contribution is -0.124. The Hall–Kier alpha value is -1.35. The largest absolute Gasteiger partial charge is 0.348 e. The second-order valence-electron chi connectivity index (χ2n) is 5.00. The van der Waals surface area contributed by atoms with Gasteiger partial charge in [0.1, 0.15) is 0 Å². The van der Waals surface area contributed by atoms with Gasteiger partial charge in [0, 0.05) is 0 Å². The Labute approximate surface area is 110 Å². The van der Waals surface area contributed by atoms with Crippen LogP contribution in [0, 0.1) is 12.8 Å². The molecule has 1 aromatic rings. The monoisotopic (exact) mass is 248 g/mol. The highest BCUT2D eigenvalue weighted by atomic mass is 16.2. The molecule has 3 N–H and O–H groups in total. The average molecular weight is 248 g/mol. The van der Waals surface area contributed by atoms with Gasteiger partial charge in [0.2, 0.25) is 5.91 Å². The Balaban J connectivity index is 2.68. The zero-order valence-electron chi connectivity index (χ0n) is 11.7. The first-order valence-corrected chi connectivity index (χ1v) is 6.58. The Morgan fingerprint density at radius 1 is 1.33 bits per heavy atom. The number of amides is 1. The van der Waals surface area contributed by atoms with E-state index in [1.54, 1.807) is 0 Å². The SMILES string of the molecule is CCC(C)C(N)C(=O)N[C@H](C)c1ccccc1C. The highest BCUT2D eigenvalue weighted by molar-refractivity contribution is 5.82. The minimum absolute atomic E-state index is 0.00574. The maximum absolute atomic E-state index is 12.0. The van der Waals surface area contributed by atoms with Crippen LogP contribution in [0.1, 0.15) is 44.4 Å². The number of carbonyl (C=O) groups is 1. The number of carbonyl (C=O) groups excluding carboxylic acids is 1. The van der Waals surface area contributed by atoms with Gasteiger partial charge in [-0.05, 0) is 30.9 Å². The van der Waals surface area contributed by atoms with Crippen LogP contribution in [0.5, 0.6) is 0 Å². The van der Waals surface area contributed by atoms with E-state index in [-0.39, 0.29) is 17.9 Å². The summed E-state index contributed by atoms with van der Waals surface area (Å²) < 4.78 is 0. The number of benzene rings is 1. The predicted octanol–water partition coefficient (Wildman–Crippen LogP) is 2.55. The molecule has 0 spiro atoms. The average Bonchev–Trinajstić information content (AvgIpc) is 2.37. The summed E-state index contributed by atoms with van der Waals surface area (Å²) in [5, 5.41) is 2.99. The quantitative estimate of drug-likeness (QED) is 0.841. The topological polar surface area (TPSA) is 55.1 Å². The summed E-state index contributed by atoms with van der Waals surface area (Å²) in [4.78, 5) is 12.0. The molecular formula is C15H24N2O. The van der Waals surface area contributed by atoms with Gasteiger partial charge >= 0.3 is 0 Å². The van der Waals surface area contributed by atoms with Crippen LogP contribution in [0.25, 0.3) is 0 Å². The molecule has 3 nitrogen and oxygen atoms in total. The van der Waals surface area contributed by atoms with Gasteiger partial charge in [0.25, 0.3) is 0 Å². The van der Waals surface area contributed by atoms with Crippen molar-refractivity contribution in [2.75, 3.05) is 0 Å². The molecule has 0 bridgehead atoms. The number of rotatable bonds is 5. The van der Waals surface area contributed by atoms with E-state index in [4.69, 9.17) is 5.73 Å². The first kappa shape index (κ1) is 14.7. The van der Waals surface area contributed by atoms with Gasteiger partial charge in [-0.25, -0.2) is 0 Å². The molecule has 0 aromatic heterocycles. The molecule has 0 saturated carbocycles. The minimum atomic E-state index is -0.429. The van der Waals surface area contributed by atoms with Crippen LogP contribution in [-0.4, -0.2) is 11.9 Å². The number of hydrogen-bond acceptors (Lipinski definition) is 2. The number of nitrogens with one attached hydrogen (secondary N) is 1. The van der Waals surface area contributed by atoms with Crippen LogP contribution in [0.3, 0.4) is 0 Å². The van der Waals surface area contributed by atoms with Gasteiger partial charge in [-0.1, -0.05) is 44.5 Å². The molecule has 3 atom stereocenters. The van der Waals surface area contributed by atoms with Crippen molar-refractivity contribution in [2.24, 2.45) is 11.7 Å². The van der Waals surface area contributed by atoms with Gasteiger partial charge in [0.15, 0.2) is 0 Å². The van der Waals surface area contributed by atoms with Crippen LogP contribution >= 0.6 is 0 Å². The summed E-state index contributed by atoms with van der Waals surface area (Å²) in [6, 6.07) is 7.63. The van der Waals surface area contributed by atoms with E-state index in [0.29, 0.717) is 0 Å². The standard InChI is InChI=1S/C15H24N2O/c1-5-10(2)14(16)15(18)17-12(4)13-9-7-6-8-11(13)3/h6-10,12,14H,5,16H2,1-4H3,(H,17,18)/t10?,12-,14?/m1/s1. The third kappa shape index (κ3) is 3.57. The third-order valence-corrected chi connectivity index (χ3v) is 3.57. The fraction of sp³-hybridized carbons (Fsp3) is 0.533. The zero-order valence-corrected chi connectivity index (χ0v) is 11.7. The molecule has 1 amide bonds. The molecular weight excluding hydrogens is 224 g/mol. The van der Waals surface area contributed by atoms with E-state index >= 15 is 0 Å². The summed E-state index contributed by atoms with van der Waals surface area (Å²) in [5.41, 5.74) is 8.25. The summed E-state index contributed by atoms with van der Waals surface area (Å²) in [6.45, 7) is 8.08. The molecule has 0 radical (unpaired) electrons. The molecule has 1 rings (SSSR count). The normalized spacial score (nSPS) is 15.8. The molecule has 100 valence electrons. The molecule has 0 heterocycles. The van der Waals surface area contributed by atoms with E-state index in [2.05, 4.69) is 5.32 Å².